The maximum atomic E-state index is 6.10. The van der Waals surface area contributed by atoms with Crippen molar-refractivity contribution in [2.75, 3.05) is 5.73 Å². The van der Waals surface area contributed by atoms with E-state index in [9.17, 15) is 0 Å². The molecular formula is C11H17N5. The van der Waals surface area contributed by atoms with Crippen molar-refractivity contribution in [2.24, 2.45) is 11.7 Å². The Morgan fingerprint density at radius 3 is 2.81 bits per heavy atom. The van der Waals surface area contributed by atoms with E-state index in [1.165, 1.54) is 0 Å². The molecule has 2 rings (SSSR count). The van der Waals surface area contributed by atoms with Gasteiger partial charge in [0.25, 0.3) is 0 Å². The van der Waals surface area contributed by atoms with Crippen molar-refractivity contribution in [2.45, 2.75) is 26.3 Å². The third-order valence-corrected chi connectivity index (χ3v) is 2.96. The molecule has 86 valence electrons. The van der Waals surface area contributed by atoms with Gasteiger partial charge in [0.1, 0.15) is 11.6 Å². The molecule has 0 fully saturated rings. The van der Waals surface area contributed by atoms with Crippen molar-refractivity contribution in [3.05, 3.63) is 18.0 Å². The van der Waals surface area contributed by atoms with Gasteiger partial charge in [0.2, 0.25) is 0 Å². The molecule has 2 unspecified atom stereocenters. The number of hydrogen-bond donors (Lipinski definition) is 3. The molecule has 0 aromatic carbocycles. The van der Waals surface area contributed by atoms with Gasteiger partial charge in [-0.05, 0) is 18.1 Å². The Morgan fingerprint density at radius 2 is 2.12 bits per heavy atom. The predicted octanol–water partition coefficient (Wildman–Crippen LogP) is 1.59. The highest BCUT2D eigenvalue weighted by molar-refractivity contribution is 5.72. The molecule has 16 heavy (non-hydrogen) atoms. The number of hydrogen-bond acceptors (Lipinski definition) is 4. The molecule has 2 aromatic rings. The molecule has 5 heteroatoms. The average Bonchev–Trinajstić information content (AvgIpc) is 2.69. The number of nitrogens with one attached hydrogen (secondary N) is 1. The molecule has 0 saturated heterocycles. The molecule has 0 aliphatic carbocycles. The van der Waals surface area contributed by atoms with Gasteiger partial charge < -0.3 is 16.5 Å². The molecule has 5 N–H and O–H groups in total. The van der Waals surface area contributed by atoms with Crippen LogP contribution in [0.4, 0.5) is 5.82 Å². The Bertz CT molecular complexity index is 490. The molecule has 2 atom stereocenters. The van der Waals surface area contributed by atoms with Crippen LogP contribution in [0.1, 0.15) is 32.1 Å². The van der Waals surface area contributed by atoms with Crippen LogP contribution in [0.2, 0.25) is 0 Å². The lowest BCUT2D eigenvalue weighted by Gasteiger charge is -2.15. The van der Waals surface area contributed by atoms with Gasteiger partial charge >= 0.3 is 0 Å². The van der Waals surface area contributed by atoms with Crippen molar-refractivity contribution < 1.29 is 0 Å². The average molecular weight is 219 g/mol. The number of pyridine rings is 1. The zero-order valence-corrected chi connectivity index (χ0v) is 9.57. The fourth-order valence-corrected chi connectivity index (χ4v) is 1.61. The number of nitrogen functional groups attached to an aromatic ring is 1. The van der Waals surface area contributed by atoms with Crippen LogP contribution in [0.25, 0.3) is 11.2 Å². The van der Waals surface area contributed by atoms with Crippen LogP contribution in [0.5, 0.6) is 0 Å². The Labute approximate surface area is 94.3 Å². The number of nitrogens with two attached hydrogens (primary N) is 2. The van der Waals surface area contributed by atoms with Crippen LogP contribution in [0.3, 0.4) is 0 Å². The minimum Gasteiger partial charge on any atom is -0.384 e. The Balaban J connectivity index is 2.39. The lowest BCUT2D eigenvalue weighted by Crippen LogP contribution is -2.19. The summed E-state index contributed by atoms with van der Waals surface area (Å²) in [5.74, 6) is 1.64. The minimum absolute atomic E-state index is 0.0829. The summed E-state index contributed by atoms with van der Waals surface area (Å²) in [7, 11) is 0. The van der Waals surface area contributed by atoms with Gasteiger partial charge in [0.05, 0.1) is 11.6 Å². The smallest absolute Gasteiger partial charge is 0.179 e. The second-order valence-corrected chi connectivity index (χ2v) is 4.14. The lowest BCUT2D eigenvalue weighted by molar-refractivity contribution is 0.442. The maximum absolute atomic E-state index is 6.10. The molecule has 2 aromatic heterocycles. The summed E-state index contributed by atoms with van der Waals surface area (Å²) in [6.45, 7) is 4.23. The van der Waals surface area contributed by atoms with Crippen LogP contribution in [0, 0.1) is 5.92 Å². The quantitative estimate of drug-likeness (QED) is 0.730. The summed E-state index contributed by atoms with van der Waals surface area (Å²) in [5.41, 5.74) is 13.2. The zero-order valence-electron chi connectivity index (χ0n) is 9.57. The van der Waals surface area contributed by atoms with Crippen molar-refractivity contribution in [3.63, 3.8) is 0 Å². The summed E-state index contributed by atoms with van der Waals surface area (Å²) >= 11 is 0. The molecular weight excluding hydrogens is 202 g/mol. The first-order valence-electron chi connectivity index (χ1n) is 5.49. The van der Waals surface area contributed by atoms with Crippen LogP contribution < -0.4 is 11.5 Å². The number of anilines is 1. The molecule has 0 aliphatic heterocycles. The van der Waals surface area contributed by atoms with E-state index in [1.54, 1.807) is 6.07 Å². The maximum Gasteiger partial charge on any atom is 0.179 e. The monoisotopic (exact) mass is 219 g/mol. The predicted molar refractivity (Wildman–Crippen MR) is 64.7 cm³/mol. The molecule has 0 aliphatic rings. The number of rotatable bonds is 3. The minimum atomic E-state index is -0.0829. The van der Waals surface area contributed by atoms with Gasteiger partial charge in [-0.1, -0.05) is 20.3 Å². The van der Waals surface area contributed by atoms with Gasteiger partial charge in [-0.3, -0.25) is 0 Å². The Kier molecular flexibility index (Phi) is 2.78. The van der Waals surface area contributed by atoms with E-state index in [4.69, 9.17) is 11.5 Å². The topological polar surface area (TPSA) is 93.6 Å². The van der Waals surface area contributed by atoms with Gasteiger partial charge in [0, 0.05) is 0 Å². The van der Waals surface area contributed by atoms with Crippen molar-refractivity contribution >= 4 is 17.0 Å². The molecule has 0 radical (unpaired) electrons. The first kappa shape index (κ1) is 10.9. The highest BCUT2D eigenvalue weighted by Crippen LogP contribution is 2.21. The van der Waals surface area contributed by atoms with Crippen LogP contribution in [-0.2, 0) is 0 Å². The Hall–Kier alpha value is -1.62. The van der Waals surface area contributed by atoms with Crippen LogP contribution in [-0.4, -0.2) is 15.0 Å². The first-order valence-corrected chi connectivity index (χ1v) is 5.49. The van der Waals surface area contributed by atoms with E-state index in [2.05, 4.69) is 28.8 Å². The second kappa shape index (κ2) is 4.09. The molecule has 5 nitrogen and oxygen atoms in total. The lowest BCUT2D eigenvalue weighted by atomic mass is 10.00. The molecule has 0 bridgehead atoms. The summed E-state index contributed by atoms with van der Waals surface area (Å²) < 4.78 is 0. The van der Waals surface area contributed by atoms with Crippen LogP contribution >= 0.6 is 0 Å². The van der Waals surface area contributed by atoms with E-state index < -0.39 is 0 Å². The summed E-state index contributed by atoms with van der Waals surface area (Å²) in [6, 6.07) is 3.54. The fraction of sp³-hybridized carbons (Fsp3) is 0.455. The number of imidazole rings is 1. The summed E-state index contributed by atoms with van der Waals surface area (Å²) in [5, 5.41) is 0. The standard InChI is InChI=1S/C11H17N5/c1-3-6(2)9(13)11-14-7-4-5-8(12)15-10(7)16-11/h4-6,9H,3,13H2,1-2H3,(H3,12,14,15,16). The van der Waals surface area contributed by atoms with E-state index >= 15 is 0 Å². The van der Waals surface area contributed by atoms with Gasteiger partial charge in [-0.15, -0.1) is 0 Å². The van der Waals surface area contributed by atoms with E-state index in [0.29, 0.717) is 17.4 Å². The molecule has 0 amide bonds. The summed E-state index contributed by atoms with van der Waals surface area (Å²) in [4.78, 5) is 11.7. The highest BCUT2D eigenvalue weighted by Gasteiger charge is 2.17. The summed E-state index contributed by atoms with van der Waals surface area (Å²) in [6.07, 6.45) is 1.02. The molecule has 2 heterocycles. The molecule has 0 saturated carbocycles. The number of aromatic nitrogens is 3. The number of fused-ring (bicyclic) bond motifs is 1. The number of aromatic amines is 1. The van der Waals surface area contributed by atoms with E-state index in [0.717, 1.165) is 17.8 Å². The van der Waals surface area contributed by atoms with Crippen LogP contribution in [0.15, 0.2) is 12.1 Å². The van der Waals surface area contributed by atoms with Gasteiger partial charge in [-0.25, -0.2) is 9.97 Å². The van der Waals surface area contributed by atoms with E-state index in [-0.39, 0.29) is 6.04 Å². The second-order valence-electron chi connectivity index (χ2n) is 4.14. The SMILES string of the molecule is CCC(C)C(N)c1nc2nc(N)ccc2[nH]1. The fourth-order valence-electron chi connectivity index (χ4n) is 1.61. The van der Waals surface area contributed by atoms with E-state index in [1.807, 2.05) is 6.07 Å². The molecule has 0 spiro atoms. The van der Waals surface area contributed by atoms with Crippen molar-refractivity contribution in [3.8, 4) is 0 Å². The first-order chi connectivity index (χ1) is 7.61. The Morgan fingerprint density at radius 1 is 1.38 bits per heavy atom. The van der Waals surface area contributed by atoms with Gasteiger partial charge in [0.15, 0.2) is 5.65 Å². The van der Waals surface area contributed by atoms with Crippen molar-refractivity contribution in [1.29, 1.82) is 0 Å². The third kappa shape index (κ3) is 1.86. The highest BCUT2D eigenvalue weighted by atomic mass is 15.0. The van der Waals surface area contributed by atoms with Crippen molar-refractivity contribution in [1.82, 2.24) is 15.0 Å². The number of H-pyrrole nitrogens is 1. The normalized spacial score (nSPS) is 15.2. The van der Waals surface area contributed by atoms with Gasteiger partial charge in [-0.2, -0.15) is 0 Å². The number of nitrogens with zero attached hydrogens (tertiary/aromatic N) is 2. The zero-order chi connectivity index (χ0) is 11.7. The largest absolute Gasteiger partial charge is 0.384 e. The third-order valence-electron chi connectivity index (χ3n) is 2.96.